The fraction of sp³-hybridized carbons (Fsp3) is 0.333. The molecular formula is C15H17N3O. The van der Waals surface area contributed by atoms with Gasteiger partial charge in [0.25, 0.3) is 0 Å². The van der Waals surface area contributed by atoms with Crippen LogP contribution in [0.2, 0.25) is 0 Å². The number of fused-ring (bicyclic) bond motifs is 1. The maximum absolute atomic E-state index is 11.9. The lowest BCUT2D eigenvalue weighted by atomic mass is 10.0. The number of hydrogen-bond acceptors (Lipinski definition) is 3. The molecule has 1 aliphatic heterocycles. The lowest BCUT2D eigenvalue weighted by Crippen LogP contribution is -2.32. The van der Waals surface area contributed by atoms with E-state index in [-0.39, 0.29) is 5.78 Å². The van der Waals surface area contributed by atoms with Crippen molar-refractivity contribution in [1.29, 1.82) is 0 Å². The average Bonchev–Trinajstić information content (AvgIpc) is 2.72. The second kappa shape index (κ2) is 4.53. The zero-order valence-electron chi connectivity index (χ0n) is 11.3. The van der Waals surface area contributed by atoms with Crippen molar-refractivity contribution in [3.63, 3.8) is 0 Å². The monoisotopic (exact) mass is 255 g/mol. The van der Waals surface area contributed by atoms with Crippen molar-refractivity contribution >= 4 is 11.5 Å². The van der Waals surface area contributed by atoms with Gasteiger partial charge in [0.2, 0.25) is 0 Å². The summed E-state index contributed by atoms with van der Waals surface area (Å²) in [6.45, 7) is 3.57. The predicted octanol–water partition coefficient (Wildman–Crippen LogP) is 2.32. The Kier molecular flexibility index (Phi) is 2.85. The molecule has 98 valence electrons. The molecule has 1 aliphatic rings. The van der Waals surface area contributed by atoms with Crippen LogP contribution in [0.15, 0.2) is 30.3 Å². The summed E-state index contributed by atoms with van der Waals surface area (Å²) >= 11 is 0. The van der Waals surface area contributed by atoms with Gasteiger partial charge in [-0.2, -0.15) is 5.10 Å². The van der Waals surface area contributed by atoms with Crippen LogP contribution in [0.5, 0.6) is 0 Å². The Hall–Kier alpha value is -2.10. The standard InChI is InChI=1S/C15H17N3O/c1-11-9-12(17(2)16-11)10-18-8-7-15(19)13-5-3-4-6-14(13)18/h3-6,9H,7-8,10H2,1-2H3. The number of benzene rings is 1. The van der Waals surface area contributed by atoms with Crippen LogP contribution in [0, 0.1) is 6.92 Å². The highest BCUT2D eigenvalue weighted by molar-refractivity contribution is 6.03. The number of aromatic nitrogens is 2. The number of carbonyl (C=O) groups excluding carboxylic acids is 1. The zero-order chi connectivity index (χ0) is 13.4. The number of para-hydroxylation sites is 1. The van der Waals surface area contributed by atoms with Gasteiger partial charge in [-0.25, -0.2) is 0 Å². The van der Waals surface area contributed by atoms with Crippen molar-refractivity contribution in [2.24, 2.45) is 7.05 Å². The van der Waals surface area contributed by atoms with Gasteiger partial charge in [0.15, 0.2) is 5.78 Å². The van der Waals surface area contributed by atoms with Crippen LogP contribution in [0.25, 0.3) is 0 Å². The van der Waals surface area contributed by atoms with E-state index in [1.54, 1.807) is 0 Å². The molecule has 4 nitrogen and oxygen atoms in total. The molecule has 0 bridgehead atoms. The molecule has 0 unspecified atom stereocenters. The van der Waals surface area contributed by atoms with Crippen molar-refractivity contribution in [1.82, 2.24) is 9.78 Å². The van der Waals surface area contributed by atoms with Crippen molar-refractivity contribution in [2.75, 3.05) is 11.4 Å². The van der Waals surface area contributed by atoms with Crippen molar-refractivity contribution < 1.29 is 4.79 Å². The maximum atomic E-state index is 11.9. The van der Waals surface area contributed by atoms with Gasteiger partial charge >= 0.3 is 0 Å². The first-order chi connectivity index (χ1) is 9.15. The SMILES string of the molecule is Cc1cc(CN2CCC(=O)c3ccccc32)n(C)n1. The normalized spacial score (nSPS) is 14.6. The summed E-state index contributed by atoms with van der Waals surface area (Å²) < 4.78 is 1.91. The molecule has 0 amide bonds. The largest absolute Gasteiger partial charge is 0.365 e. The fourth-order valence-corrected chi connectivity index (χ4v) is 2.65. The smallest absolute Gasteiger partial charge is 0.166 e. The number of nitrogens with zero attached hydrogens (tertiary/aromatic N) is 3. The van der Waals surface area contributed by atoms with E-state index in [1.165, 1.54) is 5.69 Å². The average molecular weight is 255 g/mol. The first kappa shape index (κ1) is 12.0. The Balaban J connectivity index is 1.93. The summed E-state index contributed by atoms with van der Waals surface area (Å²) in [5.41, 5.74) is 4.07. The Morgan fingerprint density at radius 3 is 2.84 bits per heavy atom. The molecule has 0 spiro atoms. The molecule has 0 N–H and O–H groups in total. The van der Waals surface area contributed by atoms with Crippen LogP contribution in [-0.2, 0) is 13.6 Å². The minimum atomic E-state index is 0.244. The van der Waals surface area contributed by atoms with E-state index >= 15 is 0 Å². The van der Waals surface area contributed by atoms with Crippen molar-refractivity contribution in [3.05, 3.63) is 47.3 Å². The Morgan fingerprint density at radius 2 is 2.11 bits per heavy atom. The summed E-state index contributed by atoms with van der Waals surface area (Å²) in [6, 6.07) is 9.94. The van der Waals surface area contributed by atoms with Crippen LogP contribution in [0.1, 0.15) is 28.2 Å². The van der Waals surface area contributed by atoms with Gasteiger partial charge in [-0.15, -0.1) is 0 Å². The highest BCUT2D eigenvalue weighted by Crippen LogP contribution is 2.28. The molecule has 0 saturated heterocycles. The van der Waals surface area contributed by atoms with Crippen molar-refractivity contribution in [3.8, 4) is 0 Å². The van der Waals surface area contributed by atoms with Gasteiger partial charge < -0.3 is 4.90 Å². The highest BCUT2D eigenvalue weighted by atomic mass is 16.1. The van der Waals surface area contributed by atoms with Gasteiger partial charge in [0.1, 0.15) is 0 Å². The lowest BCUT2D eigenvalue weighted by Gasteiger charge is -2.30. The molecule has 0 atom stereocenters. The summed E-state index contributed by atoms with van der Waals surface area (Å²) in [7, 11) is 1.96. The first-order valence-electron chi connectivity index (χ1n) is 6.52. The number of anilines is 1. The molecule has 3 rings (SSSR count). The van der Waals surface area contributed by atoms with E-state index in [9.17, 15) is 4.79 Å². The molecule has 0 radical (unpaired) electrons. The minimum Gasteiger partial charge on any atom is -0.365 e. The third-order valence-corrected chi connectivity index (χ3v) is 3.61. The summed E-state index contributed by atoms with van der Waals surface area (Å²) in [4.78, 5) is 14.2. The van der Waals surface area contributed by atoms with E-state index in [2.05, 4.69) is 16.1 Å². The third kappa shape index (κ3) is 2.14. The number of rotatable bonds is 2. The van der Waals surface area contributed by atoms with Gasteiger partial charge in [0.05, 0.1) is 17.9 Å². The van der Waals surface area contributed by atoms with E-state index in [4.69, 9.17) is 0 Å². The van der Waals surface area contributed by atoms with Gasteiger partial charge in [0, 0.05) is 31.3 Å². The number of hydrogen-bond donors (Lipinski definition) is 0. The number of ketones is 1. The summed E-state index contributed by atoms with van der Waals surface area (Å²) in [5.74, 6) is 0.244. The third-order valence-electron chi connectivity index (χ3n) is 3.61. The quantitative estimate of drug-likeness (QED) is 0.826. The van der Waals surface area contributed by atoms with Crippen molar-refractivity contribution in [2.45, 2.75) is 19.9 Å². The van der Waals surface area contributed by atoms with Crippen LogP contribution in [0.3, 0.4) is 0 Å². The second-order valence-corrected chi connectivity index (χ2v) is 5.01. The lowest BCUT2D eigenvalue weighted by molar-refractivity contribution is 0.0979. The predicted molar refractivity (Wildman–Crippen MR) is 74.4 cm³/mol. The van der Waals surface area contributed by atoms with Gasteiger partial charge in [-0.3, -0.25) is 9.48 Å². The van der Waals surface area contributed by atoms with Crippen LogP contribution >= 0.6 is 0 Å². The molecule has 1 aromatic carbocycles. The van der Waals surface area contributed by atoms with Crippen LogP contribution in [0.4, 0.5) is 5.69 Å². The first-order valence-corrected chi connectivity index (χ1v) is 6.52. The Bertz CT molecular complexity index is 630. The topological polar surface area (TPSA) is 38.1 Å². The van der Waals surface area contributed by atoms with Gasteiger partial charge in [-0.1, -0.05) is 12.1 Å². The zero-order valence-corrected chi connectivity index (χ0v) is 11.3. The highest BCUT2D eigenvalue weighted by Gasteiger charge is 2.23. The molecule has 19 heavy (non-hydrogen) atoms. The van der Waals surface area contributed by atoms with E-state index in [1.807, 2.05) is 42.9 Å². The fourth-order valence-electron chi connectivity index (χ4n) is 2.65. The number of carbonyl (C=O) groups is 1. The van der Waals surface area contributed by atoms with Gasteiger partial charge in [-0.05, 0) is 25.1 Å². The molecule has 2 heterocycles. The molecule has 1 aromatic heterocycles. The molecule has 4 heteroatoms. The molecule has 0 aliphatic carbocycles. The van der Waals surface area contributed by atoms with E-state index in [0.29, 0.717) is 6.42 Å². The van der Waals surface area contributed by atoms with E-state index in [0.717, 1.165) is 30.0 Å². The number of Topliss-reactive ketones (excluding diaryl/α,β-unsaturated/α-hetero) is 1. The number of aryl methyl sites for hydroxylation is 2. The Morgan fingerprint density at radius 1 is 1.32 bits per heavy atom. The Labute approximate surface area is 112 Å². The summed E-state index contributed by atoms with van der Waals surface area (Å²) in [5, 5.41) is 4.37. The van der Waals surface area contributed by atoms with Crippen LogP contribution < -0.4 is 4.90 Å². The molecule has 0 fully saturated rings. The van der Waals surface area contributed by atoms with E-state index < -0.39 is 0 Å². The molecular weight excluding hydrogens is 238 g/mol. The molecule has 0 saturated carbocycles. The summed E-state index contributed by atoms with van der Waals surface area (Å²) in [6.07, 6.45) is 0.591. The molecule has 2 aromatic rings. The minimum absolute atomic E-state index is 0.244. The second-order valence-electron chi connectivity index (χ2n) is 5.01. The maximum Gasteiger partial charge on any atom is 0.166 e. The van der Waals surface area contributed by atoms with Crippen LogP contribution in [-0.4, -0.2) is 22.1 Å².